The Hall–Kier alpha value is -0.254. The van der Waals surface area contributed by atoms with Gasteiger partial charge in [0.15, 0.2) is 0 Å². The van der Waals surface area contributed by atoms with Gasteiger partial charge in [-0.05, 0) is 6.42 Å². The third kappa shape index (κ3) is 5.17. The molecule has 2 rings (SSSR count). The number of unbranched alkanes of at least 4 members (excludes halogenated alkanes) is 2. The number of fused-ring (bicyclic) bond motifs is 1. The molecule has 0 saturated heterocycles. The molecule has 0 heterocycles. The second-order valence-corrected chi connectivity index (χ2v) is 3.97. The summed E-state index contributed by atoms with van der Waals surface area (Å²) in [6, 6.07) is 15.6. The fraction of sp³-hybridized carbons (Fsp3) is 0.333. The van der Waals surface area contributed by atoms with Gasteiger partial charge in [-0.1, -0.05) is 38.0 Å². The van der Waals surface area contributed by atoms with E-state index in [-0.39, 0.29) is 40.0 Å². The summed E-state index contributed by atoms with van der Waals surface area (Å²) in [5.74, 6) is 0.856. The van der Waals surface area contributed by atoms with Gasteiger partial charge in [-0.2, -0.15) is 0 Å². The van der Waals surface area contributed by atoms with E-state index in [0.29, 0.717) is 0 Å². The second-order valence-electron chi connectivity index (χ2n) is 3.97. The van der Waals surface area contributed by atoms with Crippen LogP contribution in [0.3, 0.4) is 0 Å². The molecule has 1 nitrogen and oxygen atoms in total. The molecule has 3 heteroatoms. The van der Waals surface area contributed by atoms with Crippen LogP contribution in [-0.4, -0.2) is 29.7 Å². The standard InChI is InChI=1S/C15H17O.BrH.Mg/c1-2-3-6-11-16-15-10-9-13-7-4-5-8-14(13)12-15;;/h4-5,7-10H,2-3,6,11H2,1H3;1H;/q-1;;+2/p-1. The van der Waals surface area contributed by atoms with Gasteiger partial charge in [0.1, 0.15) is 0 Å². The third-order valence-corrected chi connectivity index (χ3v) is 2.64. The topological polar surface area (TPSA) is 9.23 Å². The predicted octanol–water partition coefficient (Wildman–Crippen LogP) is 0.832. The van der Waals surface area contributed by atoms with E-state index in [9.17, 15) is 0 Å². The van der Waals surface area contributed by atoms with Gasteiger partial charge >= 0.3 is 23.1 Å². The van der Waals surface area contributed by atoms with Crippen molar-refractivity contribution in [2.45, 2.75) is 26.2 Å². The molecule has 0 radical (unpaired) electrons. The SMILES string of the molecule is CCCCCOc1[c-]c2ccccc2cc1.[Br-].[Mg+2]. The van der Waals surface area contributed by atoms with Crippen molar-refractivity contribution in [1.82, 2.24) is 0 Å². The molecular formula is C15H17BrMgO. The van der Waals surface area contributed by atoms with Crippen molar-refractivity contribution in [2.75, 3.05) is 6.61 Å². The first-order chi connectivity index (χ1) is 7.90. The Bertz CT molecular complexity index is 459. The van der Waals surface area contributed by atoms with Crippen molar-refractivity contribution >= 4 is 33.8 Å². The Kier molecular flexibility index (Phi) is 9.51. The number of hydrogen-bond donors (Lipinski definition) is 0. The smallest absolute Gasteiger partial charge is 1.00 e. The minimum absolute atomic E-state index is 0. The Morgan fingerprint density at radius 1 is 1.06 bits per heavy atom. The van der Waals surface area contributed by atoms with Gasteiger partial charge in [0.25, 0.3) is 0 Å². The molecule has 0 aromatic heterocycles. The molecule has 0 saturated carbocycles. The molecule has 2 aromatic rings. The van der Waals surface area contributed by atoms with Gasteiger partial charge in [-0.3, -0.25) is 0 Å². The Morgan fingerprint density at radius 2 is 1.83 bits per heavy atom. The number of rotatable bonds is 5. The van der Waals surface area contributed by atoms with Gasteiger partial charge in [0, 0.05) is 5.75 Å². The number of hydrogen-bond acceptors (Lipinski definition) is 1. The van der Waals surface area contributed by atoms with Gasteiger partial charge in [0.2, 0.25) is 0 Å². The summed E-state index contributed by atoms with van der Waals surface area (Å²) in [6.07, 6.45) is 3.58. The fourth-order valence-corrected chi connectivity index (χ4v) is 1.71. The maximum absolute atomic E-state index is 5.66. The molecule has 0 unspecified atom stereocenters. The van der Waals surface area contributed by atoms with Crippen LogP contribution in [0, 0.1) is 6.07 Å². The zero-order valence-corrected chi connectivity index (χ0v) is 13.8. The third-order valence-electron chi connectivity index (χ3n) is 2.64. The summed E-state index contributed by atoms with van der Waals surface area (Å²) in [6.45, 7) is 2.99. The molecule has 18 heavy (non-hydrogen) atoms. The van der Waals surface area contributed by atoms with Crippen LogP contribution in [0.1, 0.15) is 26.2 Å². The van der Waals surface area contributed by atoms with Gasteiger partial charge in [-0.25, -0.2) is 0 Å². The zero-order chi connectivity index (χ0) is 11.2. The van der Waals surface area contributed by atoms with E-state index < -0.39 is 0 Å². The van der Waals surface area contributed by atoms with Crippen LogP contribution in [0.5, 0.6) is 5.75 Å². The van der Waals surface area contributed by atoms with Crippen molar-refractivity contribution in [1.29, 1.82) is 0 Å². The van der Waals surface area contributed by atoms with Gasteiger partial charge < -0.3 is 21.7 Å². The summed E-state index contributed by atoms with van der Waals surface area (Å²) in [4.78, 5) is 0. The van der Waals surface area contributed by atoms with E-state index in [1.54, 1.807) is 0 Å². The molecule has 0 aliphatic carbocycles. The van der Waals surface area contributed by atoms with E-state index in [4.69, 9.17) is 4.74 Å². The first-order valence-corrected chi connectivity index (χ1v) is 5.94. The molecule has 0 bridgehead atoms. The predicted molar refractivity (Wildman–Crippen MR) is 73.6 cm³/mol. The normalized spacial score (nSPS) is 9.39. The van der Waals surface area contributed by atoms with Crippen LogP contribution in [0.4, 0.5) is 0 Å². The van der Waals surface area contributed by atoms with E-state index in [1.807, 2.05) is 18.2 Å². The van der Waals surface area contributed by atoms with Crippen molar-refractivity contribution in [3.63, 3.8) is 0 Å². The van der Waals surface area contributed by atoms with E-state index in [1.165, 1.54) is 18.2 Å². The minimum Gasteiger partial charge on any atom is -1.00 e. The Balaban J connectivity index is 0.00000144. The molecule has 0 fully saturated rings. The summed E-state index contributed by atoms with van der Waals surface area (Å²) < 4.78 is 5.66. The van der Waals surface area contributed by atoms with Gasteiger partial charge in [-0.15, -0.1) is 35.0 Å². The van der Waals surface area contributed by atoms with E-state index in [0.717, 1.165) is 24.2 Å². The molecule has 0 amide bonds. The minimum atomic E-state index is 0. The van der Waals surface area contributed by atoms with Crippen LogP contribution < -0.4 is 21.7 Å². The molecule has 0 N–H and O–H groups in total. The summed E-state index contributed by atoms with van der Waals surface area (Å²) in [7, 11) is 0. The first kappa shape index (κ1) is 17.7. The molecule has 0 aliphatic heterocycles. The first-order valence-electron chi connectivity index (χ1n) is 5.94. The van der Waals surface area contributed by atoms with E-state index >= 15 is 0 Å². The summed E-state index contributed by atoms with van der Waals surface area (Å²) in [5, 5.41) is 2.33. The largest absolute Gasteiger partial charge is 2.00 e. The Labute approximate surface area is 136 Å². The maximum atomic E-state index is 5.66. The quantitative estimate of drug-likeness (QED) is 0.451. The number of halogens is 1. The fourth-order valence-electron chi connectivity index (χ4n) is 1.71. The molecule has 2 aromatic carbocycles. The summed E-state index contributed by atoms with van der Waals surface area (Å²) >= 11 is 0. The monoisotopic (exact) mass is 316 g/mol. The zero-order valence-electron chi connectivity index (χ0n) is 10.8. The van der Waals surface area contributed by atoms with Crippen LogP contribution in [0.15, 0.2) is 36.4 Å². The number of ether oxygens (including phenoxy) is 1. The summed E-state index contributed by atoms with van der Waals surface area (Å²) in [5.41, 5.74) is 0. The molecular weight excluding hydrogens is 300 g/mol. The molecule has 0 atom stereocenters. The van der Waals surface area contributed by atoms with Gasteiger partial charge in [0.05, 0.1) is 6.61 Å². The molecule has 0 aliphatic rings. The Morgan fingerprint density at radius 3 is 2.61 bits per heavy atom. The van der Waals surface area contributed by atoms with Crippen molar-refractivity contribution in [3.05, 3.63) is 42.5 Å². The average Bonchev–Trinajstić information content (AvgIpc) is 2.34. The average molecular weight is 318 g/mol. The van der Waals surface area contributed by atoms with Crippen LogP contribution in [-0.2, 0) is 0 Å². The van der Waals surface area contributed by atoms with Crippen LogP contribution in [0.2, 0.25) is 0 Å². The van der Waals surface area contributed by atoms with Crippen LogP contribution in [0.25, 0.3) is 10.8 Å². The molecule has 92 valence electrons. The molecule has 0 spiro atoms. The van der Waals surface area contributed by atoms with Crippen molar-refractivity contribution in [2.24, 2.45) is 0 Å². The van der Waals surface area contributed by atoms with Crippen molar-refractivity contribution < 1.29 is 21.7 Å². The van der Waals surface area contributed by atoms with Crippen LogP contribution >= 0.6 is 0 Å². The van der Waals surface area contributed by atoms with E-state index in [2.05, 4.69) is 31.2 Å². The second kappa shape index (κ2) is 9.65. The maximum Gasteiger partial charge on any atom is 2.00 e. The van der Waals surface area contributed by atoms with Crippen molar-refractivity contribution in [3.8, 4) is 5.75 Å². The number of benzene rings is 2.